The van der Waals surface area contributed by atoms with Gasteiger partial charge in [0, 0.05) is 30.9 Å². The summed E-state index contributed by atoms with van der Waals surface area (Å²) in [6.45, 7) is 6.71. The third kappa shape index (κ3) is 3.27. The molecule has 25 heavy (non-hydrogen) atoms. The number of nitrogens with one attached hydrogen (secondary N) is 1. The van der Waals surface area contributed by atoms with Gasteiger partial charge in [0.2, 0.25) is 0 Å². The Morgan fingerprint density at radius 2 is 1.72 bits per heavy atom. The highest BCUT2D eigenvalue weighted by Crippen LogP contribution is 2.27. The molecule has 0 aliphatic carbocycles. The number of aryl methyl sites for hydroxylation is 1. The van der Waals surface area contributed by atoms with E-state index in [1.165, 1.54) is 34.0 Å². The topological polar surface area (TPSA) is 15.3 Å². The van der Waals surface area contributed by atoms with Gasteiger partial charge in [0.05, 0.1) is 0 Å². The van der Waals surface area contributed by atoms with Crippen LogP contribution in [0.2, 0.25) is 0 Å². The van der Waals surface area contributed by atoms with E-state index in [1.807, 2.05) is 0 Å². The Hall–Kier alpha value is -2.32. The molecule has 3 aromatic carbocycles. The Labute approximate surface area is 150 Å². The predicted molar refractivity (Wildman–Crippen MR) is 107 cm³/mol. The zero-order chi connectivity index (χ0) is 17.2. The summed E-state index contributed by atoms with van der Waals surface area (Å²) in [4.78, 5) is 2.52. The number of rotatable bonds is 4. The molecule has 0 spiro atoms. The van der Waals surface area contributed by atoms with E-state index in [4.69, 9.17) is 0 Å². The van der Waals surface area contributed by atoms with Gasteiger partial charge < -0.3 is 10.2 Å². The molecule has 0 bridgehead atoms. The third-order valence-corrected chi connectivity index (χ3v) is 5.42. The van der Waals surface area contributed by atoms with Gasteiger partial charge in [-0.3, -0.25) is 0 Å². The number of para-hydroxylation sites is 1. The average molecular weight is 330 g/mol. The van der Waals surface area contributed by atoms with Crippen LogP contribution in [0.1, 0.15) is 30.5 Å². The lowest BCUT2D eigenvalue weighted by Gasteiger charge is -2.23. The molecule has 1 N–H and O–H groups in total. The minimum atomic E-state index is 0.355. The average Bonchev–Trinajstić information content (AvgIpc) is 3.09. The fraction of sp³-hybridized carbons (Fsp3) is 0.304. The molecule has 1 saturated heterocycles. The molecular formula is C23H26N2. The Morgan fingerprint density at radius 3 is 2.60 bits per heavy atom. The largest absolute Gasteiger partial charge is 0.370 e. The van der Waals surface area contributed by atoms with Crippen LogP contribution in [0.25, 0.3) is 10.8 Å². The van der Waals surface area contributed by atoms with Gasteiger partial charge in [0.25, 0.3) is 0 Å². The van der Waals surface area contributed by atoms with Gasteiger partial charge >= 0.3 is 0 Å². The molecule has 2 atom stereocenters. The zero-order valence-corrected chi connectivity index (χ0v) is 15.1. The highest BCUT2D eigenvalue weighted by atomic mass is 15.2. The molecule has 2 heteroatoms. The molecule has 1 fully saturated rings. The number of hydrogen-bond donors (Lipinski definition) is 1. The molecule has 1 aliphatic rings. The molecule has 0 amide bonds. The quantitative estimate of drug-likeness (QED) is 0.718. The number of hydrogen-bond acceptors (Lipinski definition) is 2. The first kappa shape index (κ1) is 16.2. The van der Waals surface area contributed by atoms with Crippen molar-refractivity contribution < 1.29 is 0 Å². The Kier molecular flexibility index (Phi) is 4.46. The van der Waals surface area contributed by atoms with Crippen molar-refractivity contribution in [3.63, 3.8) is 0 Å². The molecule has 2 nitrogen and oxygen atoms in total. The summed E-state index contributed by atoms with van der Waals surface area (Å²) in [7, 11) is 0. The zero-order valence-electron chi connectivity index (χ0n) is 15.1. The molecule has 128 valence electrons. The van der Waals surface area contributed by atoms with Crippen LogP contribution in [-0.4, -0.2) is 19.1 Å². The summed E-state index contributed by atoms with van der Waals surface area (Å²) in [5, 5.41) is 6.55. The molecule has 1 heterocycles. The second-order valence-electron chi connectivity index (χ2n) is 7.17. The molecule has 0 aromatic heterocycles. The van der Waals surface area contributed by atoms with Crippen LogP contribution in [0.15, 0.2) is 66.7 Å². The lowest BCUT2D eigenvalue weighted by molar-refractivity contribution is 0.483. The van der Waals surface area contributed by atoms with Crippen molar-refractivity contribution in [1.82, 2.24) is 5.32 Å². The van der Waals surface area contributed by atoms with Gasteiger partial charge in [-0.05, 0) is 48.2 Å². The Bertz CT molecular complexity index is 865. The van der Waals surface area contributed by atoms with Crippen LogP contribution >= 0.6 is 0 Å². The van der Waals surface area contributed by atoms with Gasteiger partial charge in [-0.15, -0.1) is 0 Å². The van der Waals surface area contributed by atoms with Crippen LogP contribution < -0.4 is 10.2 Å². The minimum absolute atomic E-state index is 0.355. The molecule has 0 radical (unpaired) electrons. The van der Waals surface area contributed by atoms with Crippen LogP contribution in [0, 0.1) is 6.92 Å². The van der Waals surface area contributed by atoms with Crippen molar-refractivity contribution in [3.8, 4) is 0 Å². The second kappa shape index (κ2) is 6.89. The van der Waals surface area contributed by atoms with E-state index in [1.54, 1.807) is 0 Å². The van der Waals surface area contributed by atoms with Crippen LogP contribution in [0.4, 0.5) is 5.69 Å². The fourth-order valence-electron chi connectivity index (χ4n) is 4.10. The maximum Gasteiger partial charge on any atom is 0.0396 e. The smallest absolute Gasteiger partial charge is 0.0396 e. The number of nitrogens with zero attached hydrogens (tertiary/aromatic N) is 1. The summed E-state index contributed by atoms with van der Waals surface area (Å²) in [5.41, 5.74) is 4.14. The maximum absolute atomic E-state index is 3.86. The van der Waals surface area contributed by atoms with Gasteiger partial charge in [-0.1, -0.05) is 60.7 Å². The molecule has 0 saturated carbocycles. The van der Waals surface area contributed by atoms with E-state index < -0.39 is 0 Å². The van der Waals surface area contributed by atoms with Crippen molar-refractivity contribution in [1.29, 1.82) is 0 Å². The monoisotopic (exact) mass is 330 g/mol. The summed E-state index contributed by atoms with van der Waals surface area (Å²) in [5.74, 6) is 0. The number of fused-ring (bicyclic) bond motifs is 1. The first-order valence-corrected chi connectivity index (χ1v) is 9.26. The normalized spacial score (nSPS) is 18.6. The standard InChI is InChI=1S/C23H26N2/c1-17-8-3-6-13-23(17)25-15-14-20(16-25)24-18(2)21-12-7-10-19-9-4-5-11-22(19)21/h3-13,18,20,24H,14-16H2,1-2H3/t18-,20+/m1/s1. The van der Waals surface area contributed by atoms with Crippen molar-refractivity contribution in [3.05, 3.63) is 77.9 Å². The second-order valence-corrected chi connectivity index (χ2v) is 7.17. The van der Waals surface area contributed by atoms with E-state index in [-0.39, 0.29) is 0 Å². The lowest BCUT2D eigenvalue weighted by Crippen LogP contribution is -2.34. The Balaban J connectivity index is 1.48. The van der Waals surface area contributed by atoms with Crippen molar-refractivity contribution in [2.75, 3.05) is 18.0 Å². The van der Waals surface area contributed by atoms with E-state index in [0.29, 0.717) is 12.1 Å². The third-order valence-electron chi connectivity index (χ3n) is 5.42. The summed E-state index contributed by atoms with van der Waals surface area (Å²) >= 11 is 0. The van der Waals surface area contributed by atoms with Gasteiger partial charge in [-0.2, -0.15) is 0 Å². The first-order valence-electron chi connectivity index (χ1n) is 9.26. The van der Waals surface area contributed by atoms with Crippen molar-refractivity contribution in [2.24, 2.45) is 0 Å². The first-order chi connectivity index (χ1) is 12.2. The van der Waals surface area contributed by atoms with E-state index in [9.17, 15) is 0 Å². The SMILES string of the molecule is Cc1ccccc1N1CC[C@H](N[C@H](C)c2cccc3ccccc23)C1. The van der Waals surface area contributed by atoms with Crippen molar-refractivity contribution >= 4 is 16.5 Å². The molecule has 3 aromatic rings. The van der Waals surface area contributed by atoms with Gasteiger partial charge in [0.15, 0.2) is 0 Å². The van der Waals surface area contributed by atoms with Gasteiger partial charge in [0.1, 0.15) is 0 Å². The highest BCUT2D eigenvalue weighted by Gasteiger charge is 2.25. The predicted octanol–water partition coefficient (Wildman–Crippen LogP) is 5.08. The number of anilines is 1. The highest BCUT2D eigenvalue weighted by molar-refractivity contribution is 5.86. The van der Waals surface area contributed by atoms with E-state index in [0.717, 1.165) is 13.1 Å². The van der Waals surface area contributed by atoms with Crippen LogP contribution in [-0.2, 0) is 0 Å². The summed E-state index contributed by atoms with van der Waals surface area (Å²) < 4.78 is 0. The lowest BCUT2D eigenvalue weighted by atomic mass is 9.99. The Morgan fingerprint density at radius 1 is 0.960 bits per heavy atom. The van der Waals surface area contributed by atoms with Crippen LogP contribution in [0.3, 0.4) is 0 Å². The molecule has 1 aliphatic heterocycles. The van der Waals surface area contributed by atoms with E-state index in [2.05, 4.69) is 90.8 Å². The molecule has 0 unspecified atom stereocenters. The minimum Gasteiger partial charge on any atom is -0.370 e. The summed E-state index contributed by atoms with van der Waals surface area (Å²) in [6.07, 6.45) is 1.20. The van der Waals surface area contributed by atoms with Gasteiger partial charge in [-0.25, -0.2) is 0 Å². The molecule has 4 rings (SSSR count). The molecular weight excluding hydrogens is 304 g/mol. The van der Waals surface area contributed by atoms with Crippen molar-refractivity contribution in [2.45, 2.75) is 32.4 Å². The van der Waals surface area contributed by atoms with Crippen LogP contribution in [0.5, 0.6) is 0 Å². The fourth-order valence-corrected chi connectivity index (χ4v) is 4.10. The number of benzene rings is 3. The maximum atomic E-state index is 3.86. The summed E-state index contributed by atoms with van der Waals surface area (Å²) in [6, 6.07) is 24.9. The van der Waals surface area contributed by atoms with E-state index >= 15 is 0 Å².